The number of ether oxygens (including phenoxy) is 3. The van der Waals surface area contributed by atoms with Gasteiger partial charge in [-0.2, -0.15) is 0 Å². The van der Waals surface area contributed by atoms with E-state index in [0.29, 0.717) is 17.1 Å². The lowest BCUT2D eigenvalue weighted by Crippen LogP contribution is -2.44. The number of hydrogen-bond acceptors (Lipinski definition) is 8. The Morgan fingerprint density at radius 1 is 0.966 bits per heavy atom. The van der Waals surface area contributed by atoms with E-state index in [1.165, 1.54) is 12.4 Å². The molecule has 1 aromatic rings. The second-order valence-electron chi connectivity index (χ2n) is 8.02. The Morgan fingerprint density at radius 2 is 1.45 bits per heavy atom. The maximum absolute atomic E-state index is 12.5. The highest BCUT2D eigenvalue weighted by molar-refractivity contribution is 6.08. The average Bonchev–Trinajstić information content (AvgIpc) is 2.53. The number of carbonyl (C=O) groups is 3. The predicted octanol–water partition coefficient (Wildman–Crippen LogP) is 4.12. The molecule has 0 N–H and O–H groups in total. The third-order valence-corrected chi connectivity index (χ3v) is 2.91. The average molecular weight is 407 g/mol. The van der Waals surface area contributed by atoms with E-state index in [-0.39, 0.29) is 18.3 Å². The fraction of sp³-hybridized carbons (Fsp3) is 0.550. The molecule has 0 aliphatic heterocycles. The molecule has 2 amide bonds. The molecule has 1 rings (SSSR count). The monoisotopic (exact) mass is 407 g/mol. The minimum absolute atomic E-state index is 0.109. The van der Waals surface area contributed by atoms with Crippen LogP contribution in [-0.2, 0) is 19.0 Å². The molecular weight excluding hydrogens is 378 g/mol. The van der Waals surface area contributed by atoms with Crippen LogP contribution < -0.4 is 4.90 Å². The van der Waals surface area contributed by atoms with Crippen LogP contribution in [-0.4, -0.2) is 45.9 Å². The lowest BCUT2D eigenvalue weighted by molar-refractivity contribution is -0.142. The molecule has 160 valence electrons. The van der Waals surface area contributed by atoms with Crippen LogP contribution in [0, 0.1) is 0 Å². The van der Waals surface area contributed by atoms with Crippen LogP contribution in [0.5, 0.6) is 0 Å². The maximum atomic E-state index is 12.5. The number of carbonyl (C=O) groups excluding carboxylic acids is 3. The number of anilines is 1. The zero-order chi connectivity index (χ0) is 22.2. The Hall–Kier alpha value is -2.97. The van der Waals surface area contributed by atoms with Crippen LogP contribution in [0.3, 0.4) is 0 Å². The Kier molecular flexibility index (Phi) is 8.29. The minimum atomic E-state index is -0.947. The Morgan fingerprint density at radius 3 is 1.86 bits per heavy atom. The predicted molar refractivity (Wildman–Crippen MR) is 107 cm³/mol. The molecule has 0 aliphatic rings. The summed E-state index contributed by atoms with van der Waals surface area (Å²) in [6.45, 7) is 12.1. The van der Waals surface area contributed by atoms with Gasteiger partial charge in [-0.25, -0.2) is 19.6 Å². The second kappa shape index (κ2) is 9.99. The van der Waals surface area contributed by atoms with E-state index >= 15 is 0 Å². The van der Waals surface area contributed by atoms with Gasteiger partial charge in [0.05, 0.1) is 13.0 Å². The summed E-state index contributed by atoms with van der Waals surface area (Å²) in [5.41, 5.74) is -1.08. The van der Waals surface area contributed by atoms with Crippen LogP contribution in [0.25, 0.3) is 6.08 Å². The van der Waals surface area contributed by atoms with E-state index < -0.39 is 23.4 Å². The number of amides is 2. The fourth-order valence-electron chi connectivity index (χ4n) is 1.90. The van der Waals surface area contributed by atoms with Gasteiger partial charge in [-0.1, -0.05) is 12.2 Å². The van der Waals surface area contributed by atoms with Crippen molar-refractivity contribution in [1.82, 2.24) is 9.97 Å². The Labute approximate surface area is 171 Å². The summed E-state index contributed by atoms with van der Waals surface area (Å²) in [6.07, 6.45) is 4.27. The first kappa shape index (κ1) is 24.1. The topological polar surface area (TPSA) is 108 Å². The minimum Gasteiger partial charge on any atom is -0.466 e. The van der Waals surface area contributed by atoms with Gasteiger partial charge < -0.3 is 14.2 Å². The first-order valence-electron chi connectivity index (χ1n) is 9.22. The summed E-state index contributed by atoms with van der Waals surface area (Å²) in [5.74, 6) is -0.529. The molecule has 0 fully saturated rings. The molecule has 9 heteroatoms. The van der Waals surface area contributed by atoms with Gasteiger partial charge in [0, 0.05) is 18.0 Å². The molecule has 0 aliphatic carbocycles. The molecule has 1 aromatic heterocycles. The van der Waals surface area contributed by atoms with E-state index in [4.69, 9.17) is 14.2 Å². The molecule has 0 saturated carbocycles. The van der Waals surface area contributed by atoms with Gasteiger partial charge in [-0.3, -0.25) is 4.79 Å². The zero-order valence-corrected chi connectivity index (χ0v) is 18.0. The lowest BCUT2D eigenvalue weighted by atomic mass is 10.2. The van der Waals surface area contributed by atoms with Gasteiger partial charge in [0.25, 0.3) is 0 Å². The first-order chi connectivity index (χ1) is 13.3. The quantitative estimate of drug-likeness (QED) is 0.530. The summed E-state index contributed by atoms with van der Waals surface area (Å²) < 4.78 is 15.4. The first-order valence-corrected chi connectivity index (χ1v) is 9.22. The largest absolute Gasteiger partial charge is 0.466 e. The summed E-state index contributed by atoms with van der Waals surface area (Å²) in [6, 6.07) is 0. The van der Waals surface area contributed by atoms with Gasteiger partial charge in [0.1, 0.15) is 11.2 Å². The number of rotatable bonds is 5. The fourth-order valence-corrected chi connectivity index (χ4v) is 1.90. The van der Waals surface area contributed by atoms with Crippen molar-refractivity contribution in [2.24, 2.45) is 0 Å². The number of aromatic nitrogens is 2. The highest BCUT2D eigenvalue weighted by Crippen LogP contribution is 2.18. The second-order valence-corrected chi connectivity index (χ2v) is 8.02. The van der Waals surface area contributed by atoms with E-state index in [1.54, 1.807) is 60.6 Å². The Bertz CT molecular complexity index is 717. The molecule has 0 unspecified atom stereocenters. The summed E-state index contributed by atoms with van der Waals surface area (Å²) >= 11 is 0. The van der Waals surface area contributed by atoms with Crippen LogP contribution in [0.15, 0.2) is 18.5 Å². The van der Waals surface area contributed by atoms with Crippen LogP contribution in [0.1, 0.15) is 60.5 Å². The van der Waals surface area contributed by atoms with Gasteiger partial charge in [0.2, 0.25) is 5.95 Å². The molecule has 0 spiro atoms. The molecule has 0 bridgehead atoms. The van der Waals surface area contributed by atoms with E-state index in [1.807, 2.05) is 0 Å². The molecule has 0 aromatic carbocycles. The number of esters is 1. The molecule has 29 heavy (non-hydrogen) atoms. The number of hydrogen-bond donors (Lipinski definition) is 0. The van der Waals surface area contributed by atoms with Gasteiger partial charge >= 0.3 is 18.2 Å². The standard InChI is InChI=1S/C20H29N3O6/c1-8-27-15(24)11-9-10-14-12-21-16(22-13-14)23(17(25)28-19(2,3)4)18(26)29-20(5,6)7/h9-10,12-13H,8,11H2,1-7H3/b10-9+. The zero-order valence-electron chi connectivity index (χ0n) is 18.0. The van der Waals surface area contributed by atoms with Crippen molar-refractivity contribution in [1.29, 1.82) is 0 Å². The van der Waals surface area contributed by atoms with Gasteiger partial charge in [-0.15, -0.1) is 4.90 Å². The number of imide groups is 1. The molecule has 1 heterocycles. The van der Waals surface area contributed by atoms with Crippen LogP contribution >= 0.6 is 0 Å². The van der Waals surface area contributed by atoms with Crippen molar-refractivity contribution in [3.8, 4) is 0 Å². The summed E-state index contributed by atoms with van der Waals surface area (Å²) in [7, 11) is 0. The van der Waals surface area contributed by atoms with E-state index in [2.05, 4.69) is 9.97 Å². The van der Waals surface area contributed by atoms with Crippen molar-refractivity contribution < 1.29 is 28.6 Å². The smallest absolute Gasteiger partial charge is 0.427 e. The molecule has 0 saturated heterocycles. The van der Waals surface area contributed by atoms with Crippen LogP contribution in [0.4, 0.5) is 15.5 Å². The normalized spacial score (nSPS) is 11.8. The van der Waals surface area contributed by atoms with Crippen molar-refractivity contribution in [3.05, 3.63) is 24.0 Å². The number of nitrogens with zero attached hydrogens (tertiary/aromatic N) is 3. The van der Waals surface area contributed by atoms with E-state index in [0.717, 1.165) is 0 Å². The van der Waals surface area contributed by atoms with Gasteiger partial charge in [-0.05, 0) is 48.5 Å². The third-order valence-electron chi connectivity index (χ3n) is 2.91. The van der Waals surface area contributed by atoms with Crippen molar-refractivity contribution in [3.63, 3.8) is 0 Å². The van der Waals surface area contributed by atoms with Crippen molar-refractivity contribution in [2.75, 3.05) is 11.5 Å². The molecular formula is C20H29N3O6. The van der Waals surface area contributed by atoms with Crippen molar-refractivity contribution in [2.45, 2.75) is 66.1 Å². The van der Waals surface area contributed by atoms with E-state index in [9.17, 15) is 14.4 Å². The summed E-state index contributed by atoms with van der Waals surface area (Å²) in [5, 5.41) is 0. The molecule has 0 atom stereocenters. The third kappa shape index (κ3) is 9.18. The molecule has 9 nitrogen and oxygen atoms in total. The maximum Gasteiger partial charge on any atom is 0.427 e. The Balaban J connectivity index is 3.03. The highest BCUT2D eigenvalue weighted by Gasteiger charge is 2.34. The molecule has 0 radical (unpaired) electrons. The van der Waals surface area contributed by atoms with Crippen LogP contribution in [0.2, 0.25) is 0 Å². The highest BCUT2D eigenvalue weighted by atomic mass is 16.6. The summed E-state index contributed by atoms with van der Waals surface area (Å²) in [4.78, 5) is 45.2. The van der Waals surface area contributed by atoms with Gasteiger partial charge in [0.15, 0.2) is 0 Å². The van der Waals surface area contributed by atoms with Crippen molar-refractivity contribution >= 4 is 30.2 Å². The SMILES string of the molecule is CCOC(=O)C/C=C/c1cnc(N(C(=O)OC(C)(C)C)C(=O)OC(C)(C)C)nc1. The lowest BCUT2D eigenvalue weighted by Gasteiger charge is -2.27.